The van der Waals surface area contributed by atoms with Gasteiger partial charge in [0.25, 0.3) is 5.56 Å². The van der Waals surface area contributed by atoms with E-state index < -0.39 is 11.5 Å². The predicted molar refractivity (Wildman–Crippen MR) is 95.3 cm³/mol. The number of H-pyrrole nitrogens is 1. The Hall–Kier alpha value is -2.58. The summed E-state index contributed by atoms with van der Waals surface area (Å²) in [6.45, 7) is 1.63. The number of aliphatic carboxylic acids is 1. The minimum atomic E-state index is -1.06. The summed E-state index contributed by atoms with van der Waals surface area (Å²) in [5.41, 5.74) is 2.02. The molecule has 0 spiro atoms. The van der Waals surface area contributed by atoms with Crippen molar-refractivity contribution in [1.82, 2.24) is 15.0 Å². The Morgan fingerprint density at radius 3 is 2.83 bits per heavy atom. The van der Waals surface area contributed by atoms with Crippen LogP contribution in [0.25, 0.3) is 22.7 Å². The number of carbonyl (C=O) groups is 1. The largest absolute Gasteiger partial charge is 0.481 e. The van der Waals surface area contributed by atoms with Crippen LogP contribution in [-0.2, 0) is 11.2 Å². The number of carboxylic acids is 1. The summed E-state index contributed by atoms with van der Waals surface area (Å²) in [5.74, 6) is -0.686. The highest BCUT2D eigenvalue weighted by Crippen LogP contribution is 2.26. The van der Waals surface area contributed by atoms with Crippen molar-refractivity contribution in [3.05, 3.63) is 55.3 Å². The molecule has 0 saturated heterocycles. The molecule has 0 saturated carbocycles. The molecule has 8 heteroatoms. The van der Waals surface area contributed by atoms with Crippen molar-refractivity contribution in [1.29, 1.82) is 0 Å². The number of nitrogens with zero attached hydrogens (tertiary/aromatic N) is 2. The maximum Gasteiger partial charge on any atom is 0.308 e. The number of hydrogen-bond donors (Lipinski definition) is 2. The molecule has 0 amide bonds. The van der Waals surface area contributed by atoms with E-state index in [-0.39, 0.29) is 12.0 Å². The Morgan fingerprint density at radius 1 is 1.33 bits per heavy atom. The summed E-state index contributed by atoms with van der Waals surface area (Å²) in [5, 5.41) is 15.7. The Balaban J connectivity index is 1.82. The lowest BCUT2D eigenvalue weighted by atomic mass is 10.2. The highest BCUT2D eigenvalue weighted by atomic mass is 32.1. The maximum absolute atomic E-state index is 12.0. The van der Waals surface area contributed by atoms with E-state index in [1.165, 1.54) is 0 Å². The average Bonchev–Trinajstić information content (AvgIpc) is 3.19. The minimum absolute atomic E-state index is 0.174. The normalized spacial score (nSPS) is 11.2. The topological polar surface area (TPSA) is 95.9 Å². The predicted octanol–water partition coefficient (Wildman–Crippen LogP) is 3.06. The van der Waals surface area contributed by atoms with Crippen molar-refractivity contribution >= 4 is 40.8 Å². The Kier molecular flexibility index (Phi) is 4.68. The summed E-state index contributed by atoms with van der Waals surface area (Å²) in [6.07, 6.45) is 3.08. The van der Waals surface area contributed by atoms with Gasteiger partial charge in [0.05, 0.1) is 12.1 Å². The van der Waals surface area contributed by atoms with Gasteiger partial charge in [-0.1, -0.05) is 0 Å². The zero-order valence-electron chi connectivity index (χ0n) is 12.6. The van der Waals surface area contributed by atoms with Crippen molar-refractivity contribution in [2.75, 3.05) is 0 Å². The highest BCUT2D eigenvalue weighted by molar-refractivity contribution is 7.14. The Labute approximate surface area is 145 Å². The first-order valence-electron chi connectivity index (χ1n) is 7.00. The third kappa shape index (κ3) is 3.66. The third-order valence-corrected chi connectivity index (χ3v) is 4.86. The van der Waals surface area contributed by atoms with Crippen LogP contribution in [0.15, 0.2) is 27.0 Å². The number of carboxylic acid groups (broad SMARTS) is 1. The molecule has 0 radical (unpaired) electrons. The molecule has 0 fully saturated rings. The molecule has 24 heavy (non-hydrogen) atoms. The van der Waals surface area contributed by atoms with Crippen LogP contribution < -0.4 is 5.56 Å². The van der Waals surface area contributed by atoms with Crippen LogP contribution in [0.3, 0.4) is 0 Å². The van der Waals surface area contributed by atoms with E-state index in [0.29, 0.717) is 11.5 Å². The lowest BCUT2D eigenvalue weighted by Gasteiger charge is -2.02. The number of thiazole rings is 1. The summed E-state index contributed by atoms with van der Waals surface area (Å²) in [4.78, 5) is 34.1. The molecular weight excluding hydrogens is 346 g/mol. The molecule has 0 unspecified atom stereocenters. The molecule has 0 aliphatic rings. The average molecular weight is 359 g/mol. The molecule has 0 aromatic carbocycles. The van der Waals surface area contributed by atoms with Gasteiger partial charge in [0.2, 0.25) is 0 Å². The third-order valence-electron chi connectivity index (χ3n) is 3.27. The van der Waals surface area contributed by atoms with Gasteiger partial charge in [0.1, 0.15) is 10.8 Å². The van der Waals surface area contributed by atoms with Gasteiger partial charge in [-0.05, 0) is 30.5 Å². The SMILES string of the molecule is Cc1nc(C=Cc2csc(-c3ccsc3)n2)[nH]c(=O)c1CC(=O)O. The van der Waals surface area contributed by atoms with Crippen LogP contribution in [0.4, 0.5) is 0 Å². The van der Waals surface area contributed by atoms with Crippen molar-refractivity contribution in [3.63, 3.8) is 0 Å². The molecule has 122 valence electrons. The fraction of sp³-hybridized carbons (Fsp3) is 0.125. The lowest BCUT2D eigenvalue weighted by molar-refractivity contribution is -0.136. The van der Waals surface area contributed by atoms with Crippen LogP contribution in [0.1, 0.15) is 22.8 Å². The molecule has 3 aromatic heterocycles. The smallest absolute Gasteiger partial charge is 0.308 e. The van der Waals surface area contributed by atoms with Crippen LogP contribution in [-0.4, -0.2) is 26.0 Å². The molecule has 3 rings (SSSR count). The number of rotatable bonds is 5. The van der Waals surface area contributed by atoms with E-state index in [2.05, 4.69) is 15.0 Å². The molecule has 0 aliphatic heterocycles. The molecule has 3 aromatic rings. The van der Waals surface area contributed by atoms with E-state index in [1.54, 1.807) is 41.7 Å². The second-order valence-corrected chi connectivity index (χ2v) is 6.65. The molecular formula is C16H13N3O3S2. The number of aromatic amines is 1. The fourth-order valence-corrected chi connectivity index (χ4v) is 3.62. The standard InChI is InChI=1S/C16H13N3O3S2/c1-9-12(6-14(20)21)15(22)19-13(17-9)3-2-11-8-24-16(18-11)10-4-5-23-7-10/h2-5,7-8H,6H2,1H3,(H,20,21)(H,17,19,22). The van der Waals surface area contributed by atoms with Gasteiger partial charge in [-0.2, -0.15) is 11.3 Å². The zero-order chi connectivity index (χ0) is 17.1. The molecule has 3 heterocycles. The summed E-state index contributed by atoms with van der Waals surface area (Å²) >= 11 is 3.16. The minimum Gasteiger partial charge on any atom is -0.481 e. The van der Waals surface area contributed by atoms with Gasteiger partial charge < -0.3 is 10.1 Å². The van der Waals surface area contributed by atoms with E-state index in [4.69, 9.17) is 5.11 Å². The van der Waals surface area contributed by atoms with Crippen LogP contribution in [0.2, 0.25) is 0 Å². The van der Waals surface area contributed by atoms with Gasteiger partial charge in [0, 0.05) is 27.6 Å². The zero-order valence-corrected chi connectivity index (χ0v) is 14.3. The first kappa shape index (κ1) is 16.3. The summed E-state index contributed by atoms with van der Waals surface area (Å²) < 4.78 is 0. The molecule has 0 bridgehead atoms. The van der Waals surface area contributed by atoms with E-state index in [0.717, 1.165) is 16.3 Å². The second-order valence-electron chi connectivity index (χ2n) is 5.01. The Bertz CT molecular complexity index is 955. The monoisotopic (exact) mass is 359 g/mol. The van der Waals surface area contributed by atoms with Crippen LogP contribution >= 0.6 is 22.7 Å². The number of aromatic nitrogens is 3. The van der Waals surface area contributed by atoms with Gasteiger partial charge in [-0.3, -0.25) is 9.59 Å². The van der Waals surface area contributed by atoms with Gasteiger partial charge in [0.15, 0.2) is 0 Å². The molecule has 0 atom stereocenters. The van der Waals surface area contributed by atoms with Crippen LogP contribution in [0.5, 0.6) is 0 Å². The molecule has 6 nitrogen and oxygen atoms in total. The summed E-state index contributed by atoms with van der Waals surface area (Å²) in [6, 6.07) is 2.01. The number of hydrogen-bond acceptors (Lipinski definition) is 6. The first-order valence-corrected chi connectivity index (χ1v) is 8.83. The van der Waals surface area contributed by atoms with Crippen molar-refractivity contribution in [3.8, 4) is 10.6 Å². The van der Waals surface area contributed by atoms with Gasteiger partial charge in [-0.25, -0.2) is 9.97 Å². The number of thiophene rings is 1. The number of nitrogens with one attached hydrogen (secondary N) is 1. The second kappa shape index (κ2) is 6.90. The van der Waals surface area contributed by atoms with E-state index in [1.807, 2.05) is 22.2 Å². The maximum atomic E-state index is 12.0. The lowest BCUT2D eigenvalue weighted by Crippen LogP contribution is -2.20. The van der Waals surface area contributed by atoms with Crippen LogP contribution in [0, 0.1) is 6.92 Å². The molecule has 0 aliphatic carbocycles. The van der Waals surface area contributed by atoms with Crippen molar-refractivity contribution in [2.45, 2.75) is 13.3 Å². The van der Waals surface area contributed by atoms with Gasteiger partial charge >= 0.3 is 5.97 Å². The van der Waals surface area contributed by atoms with E-state index >= 15 is 0 Å². The van der Waals surface area contributed by atoms with Crippen molar-refractivity contribution in [2.24, 2.45) is 0 Å². The van der Waals surface area contributed by atoms with E-state index in [9.17, 15) is 9.59 Å². The Morgan fingerprint density at radius 2 is 2.17 bits per heavy atom. The fourth-order valence-electron chi connectivity index (χ4n) is 2.12. The van der Waals surface area contributed by atoms with Crippen molar-refractivity contribution < 1.29 is 9.90 Å². The highest BCUT2D eigenvalue weighted by Gasteiger charge is 2.11. The van der Waals surface area contributed by atoms with Gasteiger partial charge in [-0.15, -0.1) is 11.3 Å². The summed E-state index contributed by atoms with van der Waals surface area (Å²) in [7, 11) is 0. The first-order chi connectivity index (χ1) is 11.5. The number of aryl methyl sites for hydroxylation is 1. The molecule has 2 N–H and O–H groups in total. The quantitative estimate of drug-likeness (QED) is 0.730.